The van der Waals surface area contributed by atoms with Gasteiger partial charge in [0.25, 0.3) is 0 Å². The lowest BCUT2D eigenvalue weighted by atomic mass is 9.74. The molecule has 330 valence electrons. The van der Waals surface area contributed by atoms with Gasteiger partial charge in [-0.3, -0.25) is 9.59 Å². The molecule has 10 atom stereocenters. The molecule has 0 saturated carbocycles. The maximum absolute atomic E-state index is 14.4. The van der Waals surface area contributed by atoms with Gasteiger partial charge in [-0.15, -0.1) is 0 Å². The van der Waals surface area contributed by atoms with E-state index in [9.17, 15) is 15.0 Å². The van der Waals surface area contributed by atoms with E-state index in [4.69, 9.17) is 29.1 Å². The molecule has 13 heteroatoms. The van der Waals surface area contributed by atoms with Gasteiger partial charge in [-0.05, 0) is 102 Å². The predicted octanol–water partition coefficient (Wildman–Crippen LogP) is 8.25. The van der Waals surface area contributed by atoms with E-state index < -0.39 is 41.4 Å². The summed E-state index contributed by atoms with van der Waals surface area (Å²) < 4.78 is 33.8. The van der Waals surface area contributed by atoms with Crippen LogP contribution in [0.1, 0.15) is 126 Å². The van der Waals surface area contributed by atoms with Crippen molar-refractivity contribution in [3.05, 3.63) is 42.4 Å². The number of epoxide rings is 1. The molecule has 2 aromatic rings. The second-order valence-electron chi connectivity index (χ2n) is 18.4. The zero-order valence-corrected chi connectivity index (χ0v) is 38.0. The molecule has 2 fully saturated rings. The Morgan fingerprint density at radius 3 is 2.41 bits per heavy atom. The number of pyridine rings is 1. The van der Waals surface area contributed by atoms with Gasteiger partial charge in [0.05, 0.1) is 19.3 Å². The second-order valence-corrected chi connectivity index (χ2v) is 18.4. The fraction of sp³-hybridized carbons (Fsp3) is 0.739. The summed E-state index contributed by atoms with van der Waals surface area (Å²) >= 11 is 0. The Hall–Kier alpha value is -3.36. The molecule has 2 saturated heterocycles. The highest BCUT2D eigenvalue weighted by Crippen LogP contribution is 2.59. The number of ketones is 1. The van der Waals surface area contributed by atoms with Gasteiger partial charge in [-0.2, -0.15) is 5.10 Å². The average molecular weight is 823 g/mol. The minimum absolute atomic E-state index is 0.0684. The number of Topliss-reactive ketones (excluding diaryl/α,β-unsaturated/α-hetero) is 1. The second kappa shape index (κ2) is 21.4. The first-order chi connectivity index (χ1) is 27.8. The number of carbonyl (C=O) groups is 2. The highest BCUT2D eigenvalue weighted by Gasteiger charge is 2.72. The van der Waals surface area contributed by atoms with Gasteiger partial charge in [0.2, 0.25) is 0 Å². The molecule has 59 heavy (non-hydrogen) atoms. The Kier molecular flexibility index (Phi) is 17.6. The number of rotatable bonds is 25. The van der Waals surface area contributed by atoms with Crippen LogP contribution in [-0.4, -0.2) is 105 Å². The summed E-state index contributed by atoms with van der Waals surface area (Å²) in [7, 11) is 4.10. The van der Waals surface area contributed by atoms with Gasteiger partial charge in [-0.1, -0.05) is 61.0 Å². The summed E-state index contributed by atoms with van der Waals surface area (Å²) in [5.74, 6) is -1.53. The lowest BCUT2D eigenvalue weighted by Crippen LogP contribution is -2.51. The summed E-state index contributed by atoms with van der Waals surface area (Å²) in [6.45, 7) is 20.2. The van der Waals surface area contributed by atoms with E-state index in [0.29, 0.717) is 61.9 Å². The third kappa shape index (κ3) is 12.8. The number of nitrogens with one attached hydrogen (secondary N) is 2. The van der Waals surface area contributed by atoms with Crippen molar-refractivity contribution in [1.29, 1.82) is 10.8 Å². The largest absolute Gasteiger partial charge is 0.462 e. The van der Waals surface area contributed by atoms with Crippen LogP contribution >= 0.6 is 0 Å². The van der Waals surface area contributed by atoms with Crippen LogP contribution in [0.25, 0.3) is 5.82 Å². The van der Waals surface area contributed by atoms with Crippen molar-refractivity contribution in [1.82, 2.24) is 19.7 Å². The fourth-order valence-electron chi connectivity index (χ4n) is 8.53. The molecule has 0 aliphatic carbocycles. The molecule has 2 N–H and O–H groups in total. The SMILES string of the molecule is CC[C@@H](OC(=O)C(C)C(=O)[C@H](C)[C@@H](OC1CC(N(C)C)CC(C)O1)[C@]1(C)OC1(CC(=N)CCCC(C)C)C[C@@H](C)C(=N)COCc1ccc(-n2cccn2)nc1)C(C)C. The van der Waals surface area contributed by atoms with Crippen molar-refractivity contribution in [2.75, 3.05) is 20.7 Å². The lowest BCUT2D eigenvalue weighted by Gasteiger charge is -2.40. The monoisotopic (exact) mass is 823 g/mol. The number of hydrogen-bond acceptors (Lipinski definition) is 12. The van der Waals surface area contributed by atoms with Gasteiger partial charge in [-0.25, -0.2) is 9.67 Å². The van der Waals surface area contributed by atoms with Crippen LogP contribution in [0, 0.1) is 40.4 Å². The first-order valence-corrected chi connectivity index (χ1v) is 21.9. The topological polar surface area (TPSA) is 165 Å². The van der Waals surface area contributed by atoms with Crippen molar-refractivity contribution in [2.24, 2.45) is 29.6 Å². The minimum atomic E-state index is -1.03. The van der Waals surface area contributed by atoms with Crippen LogP contribution in [-0.2, 0) is 39.9 Å². The maximum atomic E-state index is 14.4. The molecule has 0 bridgehead atoms. The van der Waals surface area contributed by atoms with Gasteiger partial charge in [0.15, 0.2) is 17.9 Å². The summed E-state index contributed by atoms with van der Waals surface area (Å²) in [4.78, 5) is 34.5. The standard InChI is InChI=1S/C46H74N6O7/c1-13-39(30(4)5)57-44(54)34(9)42(53)33(8)43(58-41-23-37(51(11)12)22-32(7)56-41)45(10)46(59-45,25-36(47)17-14-16-29(2)3)24-31(6)38(48)28-55-27-35-18-19-40(49-26-35)52-21-15-20-50-52/h15,18-21,26,29-34,37,39,41,43,47-48H,13-14,16-17,22-25,27-28H2,1-12H3/t31-,32?,33+,34?,37?,39-,41?,43-,45+,46?/m1/s1. The molecular weight excluding hydrogens is 749 g/mol. The third-order valence-corrected chi connectivity index (χ3v) is 12.5. The molecule has 2 aromatic heterocycles. The molecule has 0 amide bonds. The first-order valence-electron chi connectivity index (χ1n) is 21.9. The van der Waals surface area contributed by atoms with Crippen molar-refractivity contribution < 1.29 is 33.3 Å². The van der Waals surface area contributed by atoms with E-state index in [1.54, 1.807) is 24.0 Å². The number of ether oxygens (including phenoxy) is 5. The molecule has 0 aromatic carbocycles. The lowest BCUT2D eigenvalue weighted by molar-refractivity contribution is -0.237. The van der Waals surface area contributed by atoms with Crippen LogP contribution in [0.5, 0.6) is 0 Å². The molecule has 0 spiro atoms. The summed E-state index contributed by atoms with van der Waals surface area (Å²) in [6, 6.07) is 5.87. The van der Waals surface area contributed by atoms with Crippen molar-refractivity contribution >= 4 is 23.2 Å². The Morgan fingerprint density at radius 1 is 1.08 bits per heavy atom. The van der Waals surface area contributed by atoms with Gasteiger partial charge in [0.1, 0.15) is 29.3 Å². The molecule has 13 nitrogen and oxygen atoms in total. The number of nitrogens with zero attached hydrogens (tertiary/aromatic N) is 4. The third-order valence-electron chi connectivity index (χ3n) is 12.5. The number of hydrogen-bond donors (Lipinski definition) is 2. The van der Waals surface area contributed by atoms with E-state index in [2.05, 4.69) is 28.8 Å². The van der Waals surface area contributed by atoms with E-state index in [1.807, 2.05) is 87.0 Å². The number of carbonyl (C=O) groups excluding carboxylic acids is 2. The normalized spacial score (nSPS) is 25.7. The Bertz CT molecular complexity index is 1670. The van der Waals surface area contributed by atoms with Crippen molar-refractivity contribution in [3.63, 3.8) is 0 Å². The van der Waals surface area contributed by atoms with E-state index in [0.717, 1.165) is 24.8 Å². The van der Waals surface area contributed by atoms with Crippen LogP contribution in [0.3, 0.4) is 0 Å². The average Bonchev–Trinajstić information content (AvgIpc) is 3.46. The molecule has 2 aliphatic rings. The fourth-order valence-corrected chi connectivity index (χ4v) is 8.53. The Balaban J connectivity index is 1.58. The van der Waals surface area contributed by atoms with Crippen LogP contribution in [0.15, 0.2) is 36.8 Å². The minimum Gasteiger partial charge on any atom is -0.462 e. The van der Waals surface area contributed by atoms with E-state index in [1.165, 1.54) is 0 Å². The Morgan fingerprint density at radius 2 is 1.81 bits per heavy atom. The summed E-state index contributed by atoms with van der Waals surface area (Å²) in [5, 5.41) is 22.5. The van der Waals surface area contributed by atoms with Crippen LogP contribution in [0.2, 0.25) is 0 Å². The summed E-state index contributed by atoms with van der Waals surface area (Å²) in [6.07, 6.45) is 8.91. The molecule has 0 radical (unpaired) electrons. The van der Waals surface area contributed by atoms with Gasteiger partial charge in [0, 0.05) is 54.8 Å². The van der Waals surface area contributed by atoms with Gasteiger partial charge >= 0.3 is 5.97 Å². The van der Waals surface area contributed by atoms with E-state index in [-0.39, 0.29) is 42.5 Å². The smallest absolute Gasteiger partial charge is 0.316 e. The zero-order valence-electron chi connectivity index (χ0n) is 38.0. The highest BCUT2D eigenvalue weighted by atomic mass is 16.7. The molecular formula is C46H74N6O7. The summed E-state index contributed by atoms with van der Waals surface area (Å²) in [5.41, 5.74) is -0.0851. The van der Waals surface area contributed by atoms with Crippen molar-refractivity contribution in [2.45, 2.75) is 169 Å². The van der Waals surface area contributed by atoms with Crippen LogP contribution < -0.4 is 0 Å². The molecule has 4 heterocycles. The molecule has 4 rings (SSSR count). The van der Waals surface area contributed by atoms with Crippen LogP contribution in [0.4, 0.5) is 0 Å². The first kappa shape index (κ1) is 48.3. The van der Waals surface area contributed by atoms with E-state index >= 15 is 0 Å². The predicted molar refractivity (Wildman–Crippen MR) is 230 cm³/mol. The molecule has 5 unspecified atom stereocenters. The number of esters is 1. The highest BCUT2D eigenvalue weighted by molar-refractivity contribution is 6.00. The Labute approximate surface area is 353 Å². The van der Waals surface area contributed by atoms with Crippen molar-refractivity contribution in [3.8, 4) is 5.82 Å². The zero-order chi connectivity index (χ0) is 43.7. The number of aromatic nitrogens is 3. The molecule has 2 aliphatic heterocycles. The maximum Gasteiger partial charge on any atom is 0.316 e. The quantitative estimate of drug-likeness (QED) is 0.0431. The van der Waals surface area contributed by atoms with Gasteiger partial charge < -0.3 is 39.4 Å².